The molecule has 2 rings (SSSR count). The zero-order chi connectivity index (χ0) is 15.6. The predicted molar refractivity (Wildman–Crippen MR) is 82.4 cm³/mol. The van der Waals surface area contributed by atoms with Gasteiger partial charge in [0.15, 0.2) is 6.10 Å². The second-order valence-corrected chi connectivity index (χ2v) is 6.63. The van der Waals surface area contributed by atoms with Crippen LogP contribution in [0, 0.1) is 13.8 Å². The summed E-state index contributed by atoms with van der Waals surface area (Å²) >= 11 is 2.87. The molecule has 2 aromatic rings. The molecule has 0 unspecified atom stereocenters. The average molecular weight is 325 g/mol. The first-order valence-corrected chi connectivity index (χ1v) is 8.02. The molecular weight excluding hydrogens is 310 g/mol. The number of carbonyl (C=O) groups excluding carboxylic acids is 2. The number of nitrogens with zero attached hydrogens (tertiary/aromatic N) is 2. The topological polar surface area (TPSA) is 95.2 Å². The van der Waals surface area contributed by atoms with Gasteiger partial charge in [0.1, 0.15) is 16.2 Å². The Hall–Kier alpha value is -1.67. The largest absolute Gasteiger partial charge is 0.452 e. The number of carbonyl (C=O) groups is 2. The summed E-state index contributed by atoms with van der Waals surface area (Å²) in [6.45, 7) is 5.48. The fourth-order valence-electron chi connectivity index (χ4n) is 1.68. The van der Waals surface area contributed by atoms with Gasteiger partial charge >= 0.3 is 5.97 Å². The van der Waals surface area contributed by atoms with E-state index in [2.05, 4.69) is 9.97 Å². The van der Waals surface area contributed by atoms with Crippen LogP contribution in [-0.4, -0.2) is 33.7 Å². The maximum atomic E-state index is 11.7. The van der Waals surface area contributed by atoms with Crippen LogP contribution in [0.2, 0.25) is 0 Å². The molecule has 8 heteroatoms. The van der Waals surface area contributed by atoms with Gasteiger partial charge in [0, 0.05) is 10.3 Å². The Balaban J connectivity index is 2.10. The summed E-state index contributed by atoms with van der Waals surface area (Å²) in [5.41, 5.74) is 6.17. The average Bonchev–Trinajstić information content (AvgIpc) is 2.72. The summed E-state index contributed by atoms with van der Waals surface area (Å²) in [6.07, 6.45) is 0.561. The minimum atomic E-state index is -0.923. The van der Waals surface area contributed by atoms with Crippen molar-refractivity contribution < 1.29 is 14.3 Å². The third-order valence-corrected chi connectivity index (χ3v) is 5.04. The van der Waals surface area contributed by atoms with E-state index >= 15 is 0 Å². The van der Waals surface area contributed by atoms with Crippen molar-refractivity contribution in [3.05, 3.63) is 16.8 Å². The SMILES string of the molecule is Cc1sc2ncnc(SCC(=O)O[C@@H](C)C(N)=O)c2c1C. The van der Waals surface area contributed by atoms with Crippen molar-refractivity contribution in [2.75, 3.05) is 5.75 Å². The number of aromatic nitrogens is 2. The molecule has 0 aliphatic carbocycles. The molecule has 2 aromatic heterocycles. The highest BCUT2D eigenvalue weighted by atomic mass is 32.2. The Morgan fingerprint density at radius 1 is 1.43 bits per heavy atom. The van der Waals surface area contributed by atoms with Crippen molar-refractivity contribution in [3.63, 3.8) is 0 Å². The molecule has 0 saturated heterocycles. The molecule has 2 heterocycles. The Labute approximate surface area is 130 Å². The van der Waals surface area contributed by atoms with Crippen molar-refractivity contribution in [1.29, 1.82) is 0 Å². The summed E-state index contributed by atoms with van der Waals surface area (Å²) < 4.78 is 4.91. The monoisotopic (exact) mass is 325 g/mol. The normalized spacial score (nSPS) is 12.3. The van der Waals surface area contributed by atoms with Crippen molar-refractivity contribution in [1.82, 2.24) is 9.97 Å². The number of thiophene rings is 1. The van der Waals surface area contributed by atoms with Gasteiger partial charge in [-0.15, -0.1) is 11.3 Å². The number of nitrogens with two attached hydrogens (primary N) is 1. The molecule has 112 valence electrons. The van der Waals surface area contributed by atoms with E-state index in [9.17, 15) is 9.59 Å². The van der Waals surface area contributed by atoms with E-state index in [1.54, 1.807) is 11.3 Å². The second kappa shape index (κ2) is 6.40. The van der Waals surface area contributed by atoms with E-state index < -0.39 is 18.0 Å². The summed E-state index contributed by atoms with van der Waals surface area (Å²) in [6, 6.07) is 0. The van der Waals surface area contributed by atoms with E-state index in [4.69, 9.17) is 10.5 Å². The summed E-state index contributed by atoms with van der Waals surface area (Å²) in [7, 11) is 0. The number of thioether (sulfide) groups is 1. The van der Waals surface area contributed by atoms with Gasteiger partial charge in [0.05, 0.1) is 5.75 Å². The van der Waals surface area contributed by atoms with Crippen LogP contribution in [-0.2, 0) is 14.3 Å². The van der Waals surface area contributed by atoms with Gasteiger partial charge in [-0.1, -0.05) is 11.8 Å². The Bertz CT molecular complexity index is 699. The maximum Gasteiger partial charge on any atom is 0.317 e. The summed E-state index contributed by atoms with van der Waals surface area (Å²) in [5.74, 6) is -1.09. The minimum absolute atomic E-state index is 0.0675. The van der Waals surface area contributed by atoms with E-state index in [-0.39, 0.29) is 5.75 Å². The number of aryl methyl sites for hydroxylation is 2. The van der Waals surface area contributed by atoms with Crippen LogP contribution >= 0.6 is 23.1 Å². The third kappa shape index (κ3) is 3.51. The lowest BCUT2D eigenvalue weighted by Crippen LogP contribution is -2.31. The van der Waals surface area contributed by atoms with Crippen LogP contribution in [0.3, 0.4) is 0 Å². The summed E-state index contributed by atoms with van der Waals surface area (Å²) in [4.78, 5) is 33.1. The smallest absolute Gasteiger partial charge is 0.317 e. The molecule has 0 bridgehead atoms. The van der Waals surface area contributed by atoms with Gasteiger partial charge in [0.25, 0.3) is 5.91 Å². The van der Waals surface area contributed by atoms with Crippen molar-refractivity contribution in [2.24, 2.45) is 5.73 Å². The van der Waals surface area contributed by atoms with Gasteiger partial charge in [-0.2, -0.15) is 0 Å². The number of ether oxygens (including phenoxy) is 1. The molecule has 6 nitrogen and oxygen atoms in total. The standard InChI is InChI=1S/C13H15N3O3S2/c1-6-8(3)21-13-10(6)12(15-5-16-13)20-4-9(17)19-7(2)11(14)18/h5,7H,4H2,1-3H3,(H2,14,18)/t7-/m0/s1. The summed E-state index contributed by atoms with van der Waals surface area (Å²) in [5, 5.41) is 1.71. The van der Waals surface area contributed by atoms with E-state index in [0.717, 1.165) is 20.8 Å². The maximum absolute atomic E-state index is 11.7. The lowest BCUT2D eigenvalue weighted by Gasteiger charge is -2.09. The quantitative estimate of drug-likeness (QED) is 0.512. The number of esters is 1. The van der Waals surface area contributed by atoms with Gasteiger partial charge < -0.3 is 10.5 Å². The van der Waals surface area contributed by atoms with Crippen LogP contribution in [0.1, 0.15) is 17.4 Å². The minimum Gasteiger partial charge on any atom is -0.452 e. The molecule has 1 atom stereocenters. The van der Waals surface area contributed by atoms with Gasteiger partial charge in [-0.05, 0) is 26.3 Å². The molecule has 0 spiro atoms. The molecule has 21 heavy (non-hydrogen) atoms. The van der Waals surface area contributed by atoms with Crippen LogP contribution in [0.25, 0.3) is 10.2 Å². The predicted octanol–water partition coefficient (Wildman–Crippen LogP) is 1.82. The van der Waals surface area contributed by atoms with Gasteiger partial charge in [0.2, 0.25) is 0 Å². The highest BCUT2D eigenvalue weighted by Gasteiger charge is 2.17. The molecule has 0 fully saturated rings. The van der Waals surface area contributed by atoms with Crippen LogP contribution in [0.4, 0.5) is 0 Å². The lowest BCUT2D eigenvalue weighted by atomic mass is 10.2. The van der Waals surface area contributed by atoms with Gasteiger partial charge in [-0.3, -0.25) is 9.59 Å². The number of primary amides is 1. The second-order valence-electron chi connectivity index (χ2n) is 4.47. The van der Waals surface area contributed by atoms with Crippen LogP contribution in [0.5, 0.6) is 0 Å². The fourth-order valence-corrected chi connectivity index (χ4v) is 3.58. The number of rotatable bonds is 5. The Morgan fingerprint density at radius 2 is 2.14 bits per heavy atom. The first-order valence-electron chi connectivity index (χ1n) is 6.22. The molecule has 2 N–H and O–H groups in total. The molecule has 0 saturated carbocycles. The molecule has 0 aliphatic rings. The zero-order valence-corrected chi connectivity index (χ0v) is 13.5. The number of hydrogen-bond acceptors (Lipinski definition) is 7. The van der Waals surface area contributed by atoms with E-state index in [1.807, 2.05) is 13.8 Å². The molecule has 0 aliphatic heterocycles. The van der Waals surface area contributed by atoms with Crippen molar-refractivity contribution in [2.45, 2.75) is 31.9 Å². The zero-order valence-electron chi connectivity index (χ0n) is 11.9. The Morgan fingerprint density at radius 3 is 2.81 bits per heavy atom. The fraction of sp³-hybridized carbons (Fsp3) is 0.385. The van der Waals surface area contributed by atoms with Crippen LogP contribution in [0.15, 0.2) is 11.4 Å². The molecular formula is C13H15N3O3S2. The van der Waals surface area contributed by atoms with Crippen LogP contribution < -0.4 is 5.73 Å². The molecule has 0 radical (unpaired) electrons. The Kier molecular flexibility index (Phi) is 4.79. The van der Waals surface area contributed by atoms with E-state index in [1.165, 1.54) is 29.9 Å². The van der Waals surface area contributed by atoms with E-state index in [0.29, 0.717) is 0 Å². The number of fused-ring (bicyclic) bond motifs is 1. The highest BCUT2D eigenvalue weighted by Crippen LogP contribution is 2.34. The van der Waals surface area contributed by atoms with Crippen molar-refractivity contribution >= 4 is 45.2 Å². The van der Waals surface area contributed by atoms with Gasteiger partial charge in [-0.25, -0.2) is 9.97 Å². The molecule has 0 aromatic carbocycles. The number of amides is 1. The lowest BCUT2D eigenvalue weighted by molar-refractivity contribution is -0.151. The highest BCUT2D eigenvalue weighted by molar-refractivity contribution is 8.00. The number of hydrogen-bond donors (Lipinski definition) is 1. The first-order chi connectivity index (χ1) is 9.90. The van der Waals surface area contributed by atoms with Crippen molar-refractivity contribution in [3.8, 4) is 0 Å². The first kappa shape index (κ1) is 15.7. The molecule has 1 amide bonds. The third-order valence-electron chi connectivity index (χ3n) is 2.97.